The summed E-state index contributed by atoms with van der Waals surface area (Å²) in [5.74, 6) is 1.30. The Morgan fingerprint density at radius 2 is 1.54 bits per heavy atom. The summed E-state index contributed by atoms with van der Waals surface area (Å²) in [5.41, 5.74) is 1.62. The van der Waals surface area contributed by atoms with Gasteiger partial charge in [-0.3, -0.25) is 4.79 Å². The number of hydrogen-bond donors (Lipinski definition) is 1. The van der Waals surface area contributed by atoms with Gasteiger partial charge < -0.3 is 19.4 Å². The minimum absolute atomic E-state index is 0.0980. The van der Waals surface area contributed by atoms with Crippen molar-refractivity contribution >= 4 is 11.6 Å². The van der Waals surface area contributed by atoms with Crippen LogP contribution in [0.1, 0.15) is 18.0 Å². The van der Waals surface area contributed by atoms with Crippen LogP contribution >= 0.6 is 0 Å². The van der Waals surface area contributed by atoms with Gasteiger partial charge in [-0.15, -0.1) is 0 Å². The normalized spacial score (nSPS) is 11.6. The molecule has 134 valence electrons. The number of nitrogens with zero attached hydrogens (tertiary/aromatic N) is 1. The van der Waals surface area contributed by atoms with E-state index in [4.69, 9.17) is 9.47 Å². The Labute approximate surface area is 153 Å². The standard InChI is InChI=1S/C21H22N2O3/c1-25-19-11-5-3-9-16(19)18(23-13-7-8-14-23)15-21(24)22-17-10-4-6-12-20(17)26-2/h3-14,18H,15H2,1-2H3,(H,22,24)/t18-/m0/s1. The lowest BCUT2D eigenvalue weighted by atomic mass is 10.0. The molecule has 1 N–H and O–H groups in total. The summed E-state index contributed by atoms with van der Waals surface area (Å²) in [4.78, 5) is 12.7. The number of amides is 1. The fourth-order valence-corrected chi connectivity index (χ4v) is 3.00. The summed E-state index contributed by atoms with van der Waals surface area (Å²) >= 11 is 0. The van der Waals surface area contributed by atoms with Gasteiger partial charge in [-0.05, 0) is 30.3 Å². The van der Waals surface area contributed by atoms with E-state index in [1.807, 2.05) is 77.6 Å². The molecule has 0 bridgehead atoms. The first-order valence-corrected chi connectivity index (χ1v) is 8.41. The molecule has 3 aromatic rings. The van der Waals surface area contributed by atoms with Crippen molar-refractivity contribution in [2.45, 2.75) is 12.5 Å². The molecule has 2 aromatic carbocycles. The molecule has 1 amide bonds. The minimum atomic E-state index is -0.171. The molecule has 0 aliphatic heterocycles. The van der Waals surface area contributed by atoms with E-state index >= 15 is 0 Å². The quantitative estimate of drug-likeness (QED) is 0.697. The van der Waals surface area contributed by atoms with E-state index in [1.165, 1.54) is 0 Å². The summed E-state index contributed by atoms with van der Waals surface area (Å²) in [6.07, 6.45) is 4.17. The number of benzene rings is 2. The second-order valence-corrected chi connectivity index (χ2v) is 5.84. The number of carbonyl (C=O) groups is 1. The number of aromatic nitrogens is 1. The lowest BCUT2D eigenvalue weighted by Crippen LogP contribution is -2.20. The van der Waals surface area contributed by atoms with Gasteiger partial charge in [0.05, 0.1) is 32.4 Å². The molecule has 1 atom stereocenters. The third-order valence-electron chi connectivity index (χ3n) is 4.25. The first kappa shape index (κ1) is 17.6. The molecule has 3 rings (SSSR count). The lowest BCUT2D eigenvalue weighted by molar-refractivity contribution is -0.116. The van der Waals surface area contributed by atoms with Crippen LogP contribution in [0.2, 0.25) is 0 Å². The number of hydrogen-bond acceptors (Lipinski definition) is 3. The van der Waals surface area contributed by atoms with Gasteiger partial charge in [-0.2, -0.15) is 0 Å². The van der Waals surface area contributed by atoms with Crippen molar-refractivity contribution < 1.29 is 14.3 Å². The highest BCUT2D eigenvalue weighted by molar-refractivity contribution is 5.92. The summed E-state index contributed by atoms with van der Waals surface area (Å²) in [6, 6.07) is 18.9. The fraction of sp³-hybridized carbons (Fsp3) is 0.190. The molecule has 0 saturated heterocycles. The highest BCUT2D eigenvalue weighted by Crippen LogP contribution is 2.31. The van der Waals surface area contributed by atoms with E-state index in [1.54, 1.807) is 14.2 Å². The summed E-state index contributed by atoms with van der Waals surface area (Å²) in [7, 11) is 3.23. The molecule has 0 spiro atoms. The molecule has 0 radical (unpaired) electrons. The second-order valence-electron chi connectivity index (χ2n) is 5.84. The average molecular weight is 350 g/mol. The van der Waals surface area contributed by atoms with Crippen LogP contribution in [-0.4, -0.2) is 24.7 Å². The van der Waals surface area contributed by atoms with E-state index in [2.05, 4.69) is 5.32 Å². The van der Waals surface area contributed by atoms with Gasteiger partial charge in [-0.1, -0.05) is 30.3 Å². The SMILES string of the molecule is COc1ccccc1NC(=O)C[C@@H](c1ccccc1OC)n1cccc1. The van der Waals surface area contributed by atoms with E-state index in [0.717, 1.165) is 11.3 Å². The zero-order valence-electron chi connectivity index (χ0n) is 14.9. The molecule has 1 aromatic heterocycles. The molecular weight excluding hydrogens is 328 g/mol. The molecule has 0 saturated carbocycles. The van der Waals surface area contributed by atoms with E-state index in [-0.39, 0.29) is 18.4 Å². The van der Waals surface area contributed by atoms with Crippen molar-refractivity contribution in [3.05, 3.63) is 78.6 Å². The monoisotopic (exact) mass is 350 g/mol. The molecule has 5 nitrogen and oxygen atoms in total. The third kappa shape index (κ3) is 3.88. The number of anilines is 1. The first-order chi connectivity index (χ1) is 12.7. The van der Waals surface area contributed by atoms with Crippen molar-refractivity contribution in [1.29, 1.82) is 0 Å². The van der Waals surface area contributed by atoms with Crippen LogP contribution in [0, 0.1) is 0 Å². The molecule has 1 heterocycles. The number of rotatable bonds is 7. The van der Waals surface area contributed by atoms with Crippen LogP contribution in [0.15, 0.2) is 73.1 Å². The van der Waals surface area contributed by atoms with E-state index in [9.17, 15) is 4.79 Å². The van der Waals surface area contributed by atoms with Crippen LogP contribution < -0.4 is 14.8 Å². The smallest absolute Gasteiger partial charge is 0.226 e. The van der Waals surface area contributed by atoms with Crippen LogP contribution in [0.5, 0.6) is 11.5 Å². The Hall–Kier alpha value is -3.21. The summed E-state index contributed by atoms with van der Waals surface area (Å²) < 4.78 is 12.8. The van der Waals surface area contributed by atoms with Crippen LogP contribution in [0.25, 0.3) is 0 Å². The Morgan fingerprint density at radius 1 is 0.923 bits per heavy atom. The van der Waals surface area contributed by atoms with Crippen molar-refractivity contribution in [1.82, 2.24) is 4.57 Å². The summed E-state index contributed by atoms with van der Waals surface area (Å²) in [5, 5.41) is 2.94. The van der Waals surface area contributed by atoms with Crippen LogP contribution in [-0.2, 0) is 4.79 Å². The number of methoxy groups -OCH3 is 2. The van der Waals surface area contributed by atoms with Gasteiger partial charge in [0.1, 0.15) is 11.5 Å². The van der Waals surface area contributed by atoms with Gasteiger partial charge in [-0.25, -0.2) is 0 Å². The zero-order valence-corrected chi connectivity index (χ0v) is 14.9. The van der Waals surface area contributed by atoms with Crippen LogP contribution in [0.4, 0.5) is 5.69 Å². The third-order valence-corrected chi connectivity index (χ3v) is 4.25. The molecular formula is C21H22N2O3. The molecule has 26 heavy (non-hydrogen) atoms. The van der Waals surface area contributed by atoms with Crippen molar-refractivity contribution in [3.63, 3.8) is 0 Å². The van der Waals surface area contributed by atoms with Gasteiger partial charge in [0.25, 0.3) is 0 Å². The predicted octanol–water partition coefficient (Wildman–Crippen LogP) is 4.12. The summed E-state index contributed by atoms with van der Waals surface area (Å²) in [6.45, 7) is 0. The van der Waals surface area contributed by atoms with Crippen molar-refractivity contribution in [2.75, 3.05) is 19.5 Å². The lowest BCUT2D eigenvalue weighted by Gasteiger charge is -2.21. The number of nitrogens with one attached hydrogen (secondary N) is 1. The molecule has 0 fully saturated rings. The fourth-order valence-electron chi connectivity index (χ4n) is 3.00. The Balaban J connectivity index is 1.86. The number of ether oxygens (including phenoxy) is 2. The van der Waals surface area contributed by atoms with E-state index in [0.29, 0.717) is 11.4 Å². The Bertz CT molecular complexity index is 859. The molecule has 0 aliphatic rings. The zero-order chi connectivity index (χ0) is 18.4. The highest BCUT2D eigenvalue weighted by atomic mass is 16.5. The Kier molecular flexibility index (Phi) is 5.59. The Morgan fingerprint density at radius 3 is 2.23 bits per heavy atom. The predicted molar refractivity (Wildman–Crippen MR) is 102 cm³/mol. The molecule has 0 aliphatic carbocycles. The maximum absolute atomic E-state index is 12.7. The maximum Gasteiger partial charge on any atom is 0.226 e. The van der Waals surface area contributed by atoms with Gasteiger partial charge in [0.2, 0.25) is 5.91 Å². The van der Waals surface area contributed by atoms with Gasteiger partial charge in [0.15, 0.2) is 0 Å². The van der Waals surface area contributed by atoms with Crippen LogP contribution in [0.3, 0.4) is 0 Å². The van der Waals surface area contributed by atoms with E-state index < -0.39 is 0 Å². The van der Waals surface area contributed by atoms with Crippen molar-refractivity contribution in [2.24, 2.45) is 0 Å². The largest absolute Gasteiger partial charge is 0.496 e. The maximum atomic E-state index is 12.7. The first-order valence-electron chi connectivity index (χ1n) is 8.41. The molecule has 0 unspecified atom stereocenters. The number of para-hydroxylation sites is 3. The van der Waals surface area contributed by atoms with Crippen molar-refractivity contribution in [3.8, 4) is 11.5 Å². The average Bonchev–Trinajstić information content (AvgIpc) is 3.21. The topological polar surface area (TPSA) is 52.5 Å². The molecule has 5 heteroatoms. The minimum Gasteiger partial charge on any atom is -0.496 e. The van der Waals surface area contributed by atoms with Gasteiger partial charge >= 0.3 is 0 Å². The highest BCUT2D eigenvalue weighted by Gasteiger charge is 2.21. The van der Waals surface area contributed by atoms with Gasteiger partial charge in [0, 0.05) is 18.0 Å². The second kappa shape index (κ2) is 8.25. The number of carbonyl (C=O) groups excluding carboxylic acids is 1.